The molecular weight excluding hydrogens is 569 g/mol. The smallest absolute Gasteiger partial charge is 0.341 e. The first-order chi connectivity index (χ1) is 19.1. The van der Waals surface area contributed by atoms with Crippen molar-refractivity contribution in [2.75, 3.05) is 17.7 Å². The van der Waals surface area contributed by atoms with Gasteiger partial charge in [-0.3, -0.25) is 4.79 Å². The first kappa shape index (κ1) is 29.5. The first-order valence-electron chi connectivity index (χ1n) is 12.6. The molecule has 1 amide bonds. The Kier molecular flexibility index (Phi) is 9.44. The van der Waals surface area contributed by atoms with Crippen LogP contribution in [0.5, 0.6) is 0 Å². The Bertz CT molecular complexity index is 1610. The summed E-state index contributed by atoms with van der Waals surface area (Å²) in [5.41, 5.74) is 3.92. The van der Waals surface area contributed by atoms with Crippen molar-refractivity contribution in [2.45, 2.75) is 50.0 Å². The van der Waals surface area contributed by atoms with Gasteiger partial charge in [-0.15, -0.1) is 21.5 Å². The number of carbonyl (C=O) groups excluding carboxylic acids is 2. The number of nitrogens with one attached hydrogen (secondary N) is 1. The second kappa shape index (κ2) is 12.8. The molecule has 2 aromatic carbocycles. The largest absolute Gasteiger partial charge is 0.462 e. The molecule has 0 saturated carbocycles. The number of ether oxygens (including phenoxy) is 1. The topological polar surface area (TPSA) is 120 Å². The number of thiophene rings is 1. The minimum absolute atomic E-state index is 0.0110. The van der Waals surface area contributed by atoms with Crippen LogP contribution in [-0.2, 0) is 31.7 Å². The minimum Gasteiger partial charge on any atom is -0.462 e. The summed E-state index contributed by atoms with van der Waals surface area (Å²) in [4.78, 5) is 26.0. The number of anilines is 1. The molecule has 1 N–H and O–H groups in total. The predicted molar refractivity (Wildman–Crippen MR) is 158 cm³/mol. The van der Waals surface area contributed by atoms with Crippen LogP contribution in [0.25, 0.3) is 11.1 Å². The van der Waals surface area contributed by atoms with Gasteiger partial charge in [0.25, 0.3) is 0 Å². The standard InChI is InChI=1S/C28H30N4O5S3/c1-5-32-23(17-40(35,36)21-13-9-19(4)10-14-21)30-31-28(32)39-16-24(33)29-26-25(27(34)37-6-2)22(15-38-26)20-11-7-18(3)8-12-20/h7-15H,5-6,16-17H2,1-4H3,(H,29,33). The fraction of sp³-hybridized carbons (Fsp3) is 0.286. The predicted octanol–water partition coefficient (Wildman–Crippen LogP) is 5.52. The maximum atomic E-state index is 12.9. The number of benzene rings is 2. The number of aryl methyl sites for hydroxylation is 2. The van der Waals surface area contributed by atoms with Gasteiger partial charge in [0, 0.05) is 17.5 Å². The quantitative estimate of drug-likeness (QED) is 0.177. The van der Waals surface area contributed by atoms with E-state index in [1.54, 1.807) is 35.8 Å². The van der Waals surface area contributed by atoms with E-state index >= 15 is 0 Å². The molecule has 0 aliphatic rings. The highest BCUT2D eigenvalue weighted by atomic mass is 32.2. The number of esters is 1. The van der Waals surface area contributed by atoms with Crippen LogP contribution in [0.2, 0.25) is 0 Å². The zero-order valence-corrected chi connectivity index (χ0v) is 25.1. The Morgan fingerprint density at radius 2 is 1.65 bits per heavy atom. The van der Waals surface area contributed by atoms with Gasteiger partial charge in [-0.2, -0.15) is 0 Å². The molecule has 210 valence electrons. The van der Waals surface area contributed by atoms with Gasteiger partial charge in [-0.05, 0) is 45.4 Å². The molecule has 0 saturated heterocycles. The average Bonchev–Trinajstić information content (AvgIpc) is 3.51. The van der Waals surface area contributed by atoms with Crippen molar-refractivity contribution >= 4 is 49.8 Å². The van der Waals surface area contributed by atoms with E-state index in [0.29, 0.717) is 33.7 Å². The van der Waals surface area contributed by atoms with Gasteiger partial charge in [-0.1, -0.05) is 59.3 Å². The highest BCUT2D eigenvalue weighted by Gasteiger charge is 2.24. The number of amides is 1. The summed E-state index contributed by atoms with van der Waals surface area (Å²) < 4.78 is 32.8. The molecule has 2 heterocycles. The summed E-state index contributed by atoms with van der Waals surface area (Å²) in [6.07, 6.45) is 0. The van der Waals surface area contributed by atoms with E-state index in [9.17, 15) is 18.0 Å². The molecule has 0 spiro atoms. The lowest BCUT2D eigenvalue weighted by Gasteiger charge is -2.10. The fourth-order valence-electron chi connectivity index (χ4n) is 3.94. The Labute approximate surface area is 241 Å². The zero-order chi connectivity index (χ0) is 28.9. The lowest BCUT2D eigenvalue weighted by molar-refractivity contribution is -0.113. The van der Waals surface area contributed by atoms with E-state index in [0.717, 1.165) is 28.5 Å². The molecule has 0 aliphatic carbocycles. The molecule has 0 fully saturated rings. The van der Waals surface area contributed by atoms with Crippen molar-refractivity contribution in [1.29, 1.82) is 0 Å². The maximum absolute atomic E-state index is 12.9. The molecule has 0 bridgehead atoms. The normalized spacial score (nSPS) is 11.4. The molecule has 40 heavy (non-hydrogen) atoms. The van der Waals surface area contributed by atoms with E-state index < -0.39 is 15.8 Å². The number of hydrogen-bond acceptors (Lipinski definition) is 9. The summed E-state index contributed by atoms with van der Waals surface area (Å²) >= 11 is 2.40. The van der Waals surface area contributed by atoms with Crippen molar-refractivity contribution in [1.82, 2.24) is 14.8 Å². The van der Waals surface area contributed by atoms with Crippen LogP contribution < -0.4 is 5.32 Å². The zero-order valence-electron chi connectivity index (χ0n) is 22.6. The van der Waals surface area contributed by atoms with Gasteiger partial charge in [-0.25, -0.2) is 13.2 Å². The monoisotopic (exact) mass is 598 g/mol. The fourth-order valence-corrected chi connectivity index (χ4v) is 7.01. The van der Waals surface area contributed by atoms with Crippen molar-refractivity contribution < 1.29 is 22.7 Å². The van der Waals surface area contributed by atoms with E-state index in [2.05, 4.69) is 15.5 Å². The van der Waals surface area contributed by atoms with Gasteiger partial charge in [0.15, 0.2) is 15.0 Å². The van der Waals surface area contributed by atoms with Crippen molar-refractivity contribution in [3.05, 3.63) is 76.4 Å². The molecule has 0 unspecified atom stereocenters. The first-order valence-corrected chi connectivity index (χ1v) is 16.1. The highest BCUT2D eigenvalue weighted by molar-refractivity contribution is 7.99. The summed E-state index contributed by atoms with van der Waals surface area (Å²) in [6.45, 7) is 8.11. The van der Waals surface area contributed by atoms with Gasteiger partial charge in [0.05, 0.1) is 17.3 Å². The van der Waals surface area contributed by atoms with Gasteiger partial charge >= 0.3 is 5.97 Å². The van der Waals surface area contributed by atoms with Crippen LogP contribution in [0.1, 0.15) is 41.2 Å². The van der Waals surface area contributed by atoms with Crippen LogP contribution in [0.3, 0.4) is 0 Å². The molecule has 4 aromatic rings. The Morgan fingerprint density at radius 1 is 1.00 bits per heavy atom. The number of sulfone groups is 1. The molecule has 12 heteroatoms. The second-order valence-corrected chi connectivity index (χ2v) is 12.8. The van der Waals surface area contributed by atoms with Crippen molar-refractivity contribution in [3.8, 4) is 11.1 Å². The SMILES string of the molecule is CCOC(=O)c1c(-c2ccc(C)cc2)csc1NC(=O)CSc1nnc(CS(=O)(=O)c2ccc(C)cc2)n1CC. The highest BCUT2D eigenvalue weighted by Crippen LogP contribution is 2.36. The molecule has 0 atom stereocenters. The molecule has 4 rings (SSSR count). The van der Waals surface area contributed by atoms with Gasteiger partial charge in [0.2, 0.25) is 5.91 Å². The lowest BCUT2D eigenvalue weighted by atomic mass is 10.0. The van der Waals surface area contributed by atoms with E-state index in [1.165, 1.54) is 11.3 Å². The molecule has 0 aliphatic heterocycles. The van der Waals surface area contributed by atoms with E-state index in [4.69, 9.17) is 4.74 Å². The van der Waals surface area contributed by atoms with E-state index in [-0.39, 0.29) is 28.9 Å². The van der Waals surface area contributed by atoms with Crippen LogP contribution >= 0.6 is 23.1 Å². The summed E-state index contributed by atoms with van der Waals surface area (Å²) in [5, 5.41) is 13.7. The van der Waals surface area contributed by atoms with Crippen molar-refractivity contribution in [2.24, 2.45) is 0 Å². The third-order valence-corrected chi connectivity index (χ3v) is 9.52. The summed E-state index contributed by atoms with van der Waals surface area (Å²) in [5.74, 6) is -0.858. The Morgan fingerprint density at radius 3 is 2.27 bits per heavy atom. The number of nitrogens with zero attached hydrogens (tertiary/aromatic N) is 3. The van der Waals surface area contributed by atoms with Crippen LogP contribution in [-0.4, -0.2) is 47.4 Å². The Balaban J connectivity index is 1.48. The average molecular weight is 599 g/mol. The molecule has 2 aromatic heterocycles. The Hall–Kier alpha value is -3.48. The number of hydrogen-bond donors (Lipinski definition) is 1. The van der Waals surface area contributed by atoms with Crippen LogP contribution in [0.15, 0.2) is 64.0 Å². The van der Waals surface area contributed by atoms with Gasteiger partial charge in [0.1, 0.15) is 22.1 Å². The van der Waals surface area contributed by atoms with Gasteiger partial charge < -0.3 is 14.6 Å². The van der Waals surface area contributed by atoms with Crippen LogP contribution in [0.4, 0.5) is 5.00 Å². The molecule has 9 nitrogen and oxygen atoms in total. The summed E-state index contributed by atoms with van der Waals surface area (Å²) in [7, 11) is -3.62. The maximum Gasteiger partial charge on any atom is 0.341 e. The lowest BCUT2D eigenvalue weighted by Crippen LogP contribution is -2.17. The van der Waals surface area contributed by atoms with Crippen LogP contribution in [0, 0.1) is 13.8 Å². The molecule has 0 radical (unpaired) electrons. The number of carbonyl (C=O) groups is 2. The number of rotatable bonds is 11. The molecular formula is C28H30N4O5S3. The summed E-state index contributed by atoms with van der Waals surface area (Å²) in [6, 6.07) is 14.4. The third-order valence-electron chi connectivity index (χ3n) is 6.03. The van der Waals surface area contributed by atoms with E-state index in [1.807, 2.05) is 50.4 Å². The third kappa shape index (κ3) is 6.80. The van der Waals surface area contributed by atoms with Crippen molar-refractivity contribution in [3.63, 3.8) is 0 Å². The number of thioether (sulfide) groups is 1. The minimum atomic E-state index is -3.62. The second-order valence-electron chi connectivity index (χ2n) is 8.99. The number of aromatic nitrogens is 3.